The van der Waals surface area contributed by atoms with Crippen molar-refractivity contribution in [3.05, 3.63) is 10.5 Å². The van der Waals surface area contributed by atoms with Crippen molar-refractivity contribution in [1.82, 2.24) is 20.1 Å². The molecule has 106 valence electrons. The highest BCUT2D eigenvalue weighted by atomic mass is 32.2. The first kappa shape index (κ1) is 14.1. The monoisotopic (exact) mass is 286 g/mol. The van der Waals surface area contributed by atoms with Gasteiger partial charge in [-0.25, -0.2) is 9.89 Å². The van der Waals surface area contributed by atoms with Crippen LogP contribution in [0.3, 0.4) is 0 Å². The number of nitrogens with zero attached hydrogens (tertiary/aromatic N) is 2. The van der Waals surface area contributed by atoms with Gasteiger partial charge in [-0.15, -0.1) is 5.10 Å². The number of hydrogen-bond donors (Lipinski definition) is 3. The Kier molecular flexibility index (Phi) is 4.00. The summed E-state index contributed by atoms with van der Waals surface area (Å²) in [5, 5.41) is 19.3. The third-order valence-electron chi connectivity index (χ3n) is 3.57. The van der Waals surface area contributed by atoms with Crippen molar-refractivity contribution >= 4 is 17.7 Å². The molecule has 1 aromatic rings. The number of aliphatic carboxylic acids is 1. The van der Waals surface area contributed by atoms with Gasteiger partial charge in [-0.05, 0) is 32.7 Å². The molecule has 1 unspecified atom stereocenters. The minimum Gasteiger partial charge on any atom is -0.480 e. The van der Waals surface area contributed by atoms with E-state index in [-0.39, 0.29) is 11.6 Å². The van der Waals surface area contributed by atoms with Crippen molar-refractivity contribution in [2.45, 2.75) is 37.0 Å². The van der Waals surface area contributed by atoms with Gasteiger partial charge in [0, 0.05) is 12.3 Å². The highest BCUT2D eigenvalue weighted by molar-refractivity contribution is 7.99. The molecule has 1 aliphatic carbocycles. The summed E-state index contributed by atoms with van der Waals surface area (Å²) in [6.07, 6.45) is 1.85. The lowest BCUT2D eigenvalue weighted by Gasteiger charge is -2.28. The molecule has 1 aromatic heterocycles. The number of carbonyl (C=O) groups is 1. The third-order valence-corrected chi connectivity index (χ3v) is 4.74. The molecule has 1 fully saturated rings. The molecule has 2 rings (SSSR count). The molecule has 0 saturated heterocycles. The van der Waals surface area contributed by atoms with E-state index < -0.39 is 11.5 Å². The lowest BCUT2D eigenvalue weighted by Crippen LogP contribution is -2.54. The molecule has 0 aromatic carbocycles. The molecule has 0 spiro atoms. The number of carboxylic acid groups (broad SMARTS) is 1. The summed E-state index contributed by atoms with van der Waals surface area (Å²) in [4.78, 5) is 23.0. The molecule has 3 N–H and O–H groups in total. The maximum atomic E-state index is 11.5. The topological polar surface area (TPSA) is 100 Å². The Balaban J connectivity index is 2.15. The fourth-order valence-electron chi connectivity index (χ4n) is 2.18. The van der Waals surface area contributed by atoms with Crippen LogP contribution in [0.15, 0.2) is 9.95 Å². The van der Waals surface area contributed by atoms with Gasteiger partial charge in [0.25, 0.3) is 0 Å². The van der Waals surface area contributed by atoms with Gasteiger partial charge >= 0.3 is 11.7 Å². The van der Waals surface area contributed by atoms with E-state index >= 15 is 0 Å². The average molecular weight is 286 g/mol. The fraction of sp³-hybridized carbons (Fsp3) is 0.727. The molecular formula is C11H18N4O3S. The van der Waals surface area contributed by atoms with E-state index in [0.29, 0.717) is 17.5 Å². The van der Waals surface area contributed by atoms with Crippen molar-refractivity contribution < 1.29 is 9.90 Å². The Hall–Kier alpha value is -1.28. The van der Waals surface area contributed by atoms with Gasteiger partial charge in [-0.3, -0.25) is 9.36 Å². The van der Waals surface area contributed by atoms with Crippen molar-refractivity contribution in [1.29, 1.82) is 0 Å². The van der Waals surface area contributed by atoms with Gasteiger partial charge in [0.15, 0.2) is 5.16 Å². The number of H-pyrrole nitrogens is 1. The number of likely N-dealkylation sites (N-methyl/N-ethyl adjacent to an activating group) is 1. The molecule has 0 bridgehead atoms. The normalized spacial score (nSPS) is 18.2. The lowest BCUT2D eigenvalue weighted by atomic mass is 9.96. The van der Waals surface area contributed by atoms with Gasteiger partial charge in [0.2, 0.25) is 0 Å². The second-order valence-corrected chi connectivity index (χ2v) is 5.59. The second-order valence-electron chi connectivity index (χ2n) is 4.65. The summed E-state index contributed by atoms with van der Waals surface area (Å²) < 4.78 is 1.50. The number of nitrogens with one attached hydrogen (secondary N) is 2. The van der Waals surface area contributed by atoms with Crippen molar-refractivity contribution in [2.24, 2.45) is 5.92 Å². The van der Waals surface area contributed by atoms with Crippen molar-refractivity contribution in [2.75, 3.05) is 12.8 Å². The summed E-state index contributed by atoms with van der Waals surface area (Å²) >= 11 is 1.30. The van der Waals surface area contributed by atoms with Gasteiger partial charge in [-0.2, -0.15) is 0 Å². The van der Waals surface area contributed by atoms with Crippen LogP contribution in [0, 0.1) is 5.92 Å². The zero-order chi connectivity index (χ0) is 14.0. The first-order valence-electron chi connectivity index (χ1n) is 6.25. The minimum atomic E-state index is -0.932. The Morgan fingerprint density at radius 1 is 1.68 bits per heavy atom. The molecule has 19 heavy (non-hydrogen) atoms. The van der Waals surface area contributed by atoms with Crippen LogP contribution in [-0.4, -0.2) is 44.2 Å². The first-order chi connectivity index (χ1) is 9.05. The fourth-order valence-corrected chi connectivity index (χ4v) is 3.52. The molecule has 1 atom stereocenters. The molecule has 0 amide bonds. The molecule has 0 aliphatic heterocycles. The third kappa shape index (κ3) is 2.55. The first-order valence-corrected chi connectivity index (χ1v) is 7.24. The van der Waals surface area contributed by atoms with Crippen LogP contribution in [0.2, 0.25) is 0 Å². The summed E-state index contributed by atoms with van der Waals surface area (Å²) in [6, 6.07) is 0. The van der Waals surface area contributed by atoms with Gasteiger partial charge in [0.05, 0.1) is 0 Å². The smallest absolute Gasteiger partial charge is 0.343 e. The number of aromatic nitrogens is 3. The summed E-state index contributed by atoms with van der Waals surface area (Å²) in [5.41, 5.74) is -1.19. The van der Waals surface area contributed by atoms with Crippen LogP contribution in [0.25, 0.3) is 0 Å². The lowest BCUT2D eigenvalue weighted by molar-refractivity contribution is -0.144. The highest BCUT2D eigenvalue weighted by Crippen LogP contribution is 2.42. The molecule has 1 heterocycles. The summed E-state index contributed by atoms with van der Waals surface area (Å²) in [7, 11) is 1.67. The average Bonchev–Trinajstić information content (AvgIpc) is 3.16. The number of rotatable bonds is 7. The zero-order valence-corrected chi connectivity index (χ0v) is 11.8. The summed E-state index contributed by atoms with van der Waals surface area (Å²) in [6.45, 7) is 2.37. The predicted octanol–water partition coefficient (Wildman–Crippen LogP) is 0.136. The Morgan fingerprint density at radius 3 is 2.84 bits per heavy atom. The highest BCUT2D eigenvalue weighted by Gasteiger charge is 2.50. The largest absolute Gasteiger partial charge is 0.480 e. The van der Waals surface area contributed by atoms with Crippen LogP contribution >= 0.6 is 11.8 Å². The van der Waals surface area contributed by atoms with Crippen LogP contribution in [-0.2, 0) is 11.3 Å². The minimum absolute atomic E-state index is 0.156. The van der Waals surface area contributed by atoms with E-state index in [1.807, 2.05) is 6.92 Å². The molecule has 1 aliphatic rings. The van der Waals surface area contributed by atoms with E-state index in [1.165, 1.54) is 16.3 Å². The number of aromatic amines is 1. The number of carboxylic acids is 1. The molecule has 1 saturated carbocycles. The SMILES string of the molecule is CCn1c(SCC(NC)(C(=O)O)C2CC2)n[nH]c1=O. The van der Waals surface area contributed by atoms with Gasteiger partial charge in [-0.1, -0.05) is 11.8 Å². The van der Waals surface area contributed by atoms with Crippen LogP contribution in [0.4, 0.5) is 0 Å². The van der Waals surface area contributed by atoms with E-state index in [9.17, 15) is 14.7 Å². The maximum absolute atomic E-state index is 11.5. The van der Waals surface area contributed by atoms with Crippen molar-refractivity contribution in [3.63, 3.8) is 0 Å². The van der Waals surface area contributed by atoms with Gasteiger partial charge in [0.1, 0.15) is 5.54 Å². The molecule has 7 nitrogen and oxygen atoms in total. The van der Waals surface area contributed by atoms with Crippen molar-refractivity contribution in [3.8, 4) is 0 Å². The van der Waals surface area contributed by atoms with Crippen LogP contribution < -0.4 is 11.0 Å². The Morgan fingerprint density at radius 2 is 2.37 bits per heavy atom. The maximum Gasteiger partial charge on any atom is 0.343 e. The van der Waals surface area contributed by atoms with E-state index in [1.54, 1.807) is 7.05 Å². The van der Waals surface area contributed by atoms with E-state index in [0.717, 1.165) is 12.8 Å². The molecular weight excluding hydrogens is 268 g/mol. The number of hydrogen-bond acceptors (Lipinski definition) is 5. The standard InChI is InChI=1S/C11H18N4O3S/c1-3-15-9(18)13-14-10(15)19-6-11(12-2,8(16)17)7-4-5-7/h7,12H,3-6H2,1-2H3,(H,13,18)(H,16,17). The van der Waals surface area contributed by atoms with E-state index in [2.05, 4.69) is 15.5 Å². The summed E-state index contributed by atoms with van der Waals surface area (Å²) in [5.74, 6) is -0.331. The Bertz CT molecular complexity index is 522. The predicted molar refractivity (Wildman–Crippen MR) is 71.4 cm³/mol. The van der Waals surface area contributed by atoms with Crippen LogP contribution in [0.5, 0.6) is 0 Å². The molecule has 8 heteroatoms. The van der Waals surface area contributed by atoms with Gasteiger partial charge < -0.3 is 10.4 Å². The second kappa shape index (κ2) is 5.38. The van der Waals surface area contributed by atoms with E-state index in [4.69, 9.17) is 0 Å². The molecule has 0 radical (unpaired) electrons. The van der Waals surface area contributed by atoms with Crippen LogP contribution in [0.1, 0.15) is 19.8 Å². The zero-order valence-electron chi connectivity index (χ0n) is 11.0. The number of thioether (sulfide) groups is 1. The quantitative estimate of drug-likeness (QED) is 0.616. The Labute approximate surface area is 114 Å².